The average molecular weight is 260 g/mol. The van der Waals surface area contributed by atoms with Crippen LogP contribution in [0.15, 0.2) is 24.5 Å². The Morgan fingerprint density at radius 3 is 2.58 bits per heavy atom. The lowest BCUT2D eigenvalue weighted by molar-refractivity contribution is 0.127. The van der Waals surface area contributed by atoms with Crippen molar-refractivity contribution in [1.29, 1.82) is 0 Å². The highest BCUT2D eigenvalue weighted by atomic mass is 16.3. The van der Waals surface area contributed by atoms with Crippen LogP contribution in [0.25, 0.3) is 11.2 Å². The lowest BCUT2D eigenvalue weighted by atomic mass is 9.83. The molecule has 0 atom stereocenters. The fraction of sp³-hybridized carbons (Fsp3) is 0.500. The molecule has 0 aromatic carbocycles. The van der Waals surface area contributed by atoms with E-state index >= 15 is 0 Å². The Kier molecular flexibility index (Phi) is 4.27. The van der Waals surface area contributed by atoms with Crippen LogP contribution in [0.4, 0.5) is 5.82 Å². The zero-order valence-electron chi connectivity index (χ0n) is 11.4. The van der Waals surface area contributed by atoms with Gasteiger partial charge in [-0.2, -0.15) is 0 Å². The highest BCUT2D eigenvalue weighted by molar-refractivity contribution is 5.71. The predicted molar refractivity (Wildman–Crippen MR) is 75.9 cm³/mol. The Hall–Kier alpha value is -1.75. The summed E-state index contributed by atoms with van der Waals surface area (Å²) in [5, 5.41) is 12.8. The summed E-state index contributed by atoms with van der Waals surface area (Å²) in [4.78, 5) is 12.8. The number of hydrogen-bond acceptors (Lipinski definition) is 5. The van der Waals surface area contributed by atoms with Gasteiger partial charge in [-0.25, -0.2) is 9.97 Å². The number of nitrogens with one attached hydrogen (secondary N) is 1. The Morgan fingerprint density at radius 1 is 1.16 bits per heavy atom. The number of aliphatic hydroxyl groups excluding tert-OH is 1. The zero-order valence-corrected chi connectivity index (χ0v) is 11.4. The molecule has 2 N–H and O–H groups in total. The minimum atomic E-state index is -0.0843. The van der Waals surface area contributed by atoms with E-state index < -0.39 is 0 Å². The zero-order chi connectivity index (χ0) is 13.7. The van der Waals surface area contributed by atoms with E-state index in [4.69, 9.17) is 0 Å². The summed E-state index contributed by atoms with van der Waals surface area (Å²) in [6.45, 7) is 5.08. The minimum Gasteiger partial charge on any atom is -0.396 e. The number of fused-ring (bicyclic) bond motifs is 1. The second kappa shape index (κ2) is 5.93. The first-order valence-electron chi connectivity index (χ1n) is 6.65. The summed E-state index contributed by atoms with van der Waals surface area (Å²) in [7, 11) is 0. The van der Waals surface area contributed by atoms with Crippen molar-refractivity contribution < 1.29 is 5.11 Å². The van der Waals surface area contributed by atoms with Crippen molar-refractivity contribution >= 4 is 17.0 Å². The molecule has 0 radical (unpaired) electrons. The van der Waals surface area contributed by atoms with Gasteiger partial charge in [0.25, 0.3) is 0 Å². The second-order valence-electron chi connectivity index (χ2n) is 4.81. The molecule has 0 aliphatic carbocycles. The van der Waals surface area contributed by atoms with Gasteiger partial charge in [-0.15, -0.1) is 0 Å². The lowest BCUT2D eigenvalue weighted by Crippen LogP contribution is -2.32. The number of aliphatic hydroxyl groups is 1. The van der Waals surface area contributed by atoms with E-state index in [1.807, 2.05) is 12.1 Å². The van der Waals surface area contributed by atoms with E-state index in [2.05, 4.69) is 34.1 Å². The van der Waals surface area contributed by atoms with Crippen molar-refractivity contribution in [3.05, 3.63) is 24.5 Å². The first kappa shape index (κ1) is 13.7. The van der Waals surface area contributed by atoms with Crippen LogP contribution in [0.5, 0.6) is 0 Å². The van der Waals surface area contributed by atoms with E-state index in [-0.39, 0.29) is 12.0 Å². The van der Waals surface area contributed by atoms with Gasteiger partial charge in [0.2, 0.25) is 0 Å². The van der Waals surface area contributed by atoms with Gasteiger partial charge in [0.1, 0.15) is 11.3 Å². The monoisotopic (exact) mass is 260 g/mol. The van der Waals surface area contributed by atoms with Crippen molar-refractivity contribution in [2.45, 2.75) is 26.7 Å². The largest absolute Gasteiger partial charge is 0.396 e. The molecular weight excluding hydrogens is 240 g/mol. The van der Waals surface area contributed by atoms with Gasteiger partial charge in [-0.1, -0.05) is 13.8 Å². The summed E-state index contributed by atoms with van der Waals surface area (Å²) in [5.41, 5.74) is 1.33. The van der Waals surface area contributed by atoms with Crippen LogP contribution >= 0.6 is 0 Å². The molecule has 5 nitrogen and oxygen atoms in total. The van der Waals surface area contributed by atoms with E-state index in [0.717, 1.165) is 24.2 Å². The van der Waals surface area contributed by atoms with Gasteiger partial charge in [-0.3, -0.25) is 4.98 Å². The summed E-state index contributed by atoms with van der Waals surface area (Å²) in [6, 6.07) is 3.79. The van der Waals surface area contributed by atoms with E-state index in [0.29, 0.717) is 12.2 Å². The van der Waals surface area contributed by atoms with Crippen molar-refractivity contribution in [3.8, 4) is 0 Å². The van der Waals surface area contributed by atoms with Gasteiger partial charge in [0, 0.05) is 24.4 Å². The number of aromatic nitrogens is 3. The second-order valence-corrected chi connectivity index (χ2v) is 4.81. The van der Waals surface area contributed by atoms with Crippen LogP contribution in [0.1, 0.15) is 26.7 Å². The van der Waals surface area contributed by atoms with Gasteiger partial charge < -0.3 is 10.4 Å². The topological polar surface area (TPSA) is 70.9 Å². The lowest BCUT2D eigenvalue weighted by Gasteiger charge is -2.29. The molecule has 0 unspecified atom stereocenters. The molecule has 19 heavy (non-hydrogen) atoms. The number of pyridine rings is 1. The highest BCUT2D eigenvalue weighted by Gasteiger charge is 2.24. The van der Waals surface area contributed by atoms with Gasteiger partial charge in [0.05, 0.1) is 6.61 Å². The van der Waals surface area contributed by atoms with Crippen molar-refractivity contribution in [2.24, 2.45) is 5.41 Å². The summed E-state index contributed by atoms with van der Waals surface area (Å²) < 4.78 is 0. The predicted octanol–water partition coefficient (Wildman–Crippen LogP) is 2.24. The van der Waals surface area contributed by atoms with Crippen LogP contribution < -0.4 is 5.32 Å². The fourth-order valence-electron chi connectivity index (χ4n) is 2.01. The molecule has 0 aliphatic rings. The molecule has 0 fully saturated rings. The molecule has 0 spiro atoms. The van der Waals surface area contributed by atoms with Crippen molar-refractivity contribution in [2.75, 3.05) is 18.5 Å². The smallest absolute Gasteiger partial charge is 0.180 e. The Balaban J connectivity index is 2.13. The van der Waals surface area contributed by atoms with Crippen LogP contribution in [0.2, 0.25) is 0 Å². The molecule has 0 saturated heterocycles. The molecule has 102 valence electrons. The first-order valence-corrected chi connectivity index (χ1v) is 6.65. The number of rotatable bonds is 6. The molecule has 2 aromatic rings. The molecule has 2 rings (SSSR count). The molecule has 2 aromatic heterocycles. The molecule has 0 amide bonds. The van der Waals surface area contributed by atoms with Gasteiger partial charge in [0.15, 0.2) is 5.65 Å². The summed E-state index contributed by atoms with van der Waals surface area (Å²) in [6.07, 6.45) is 5.15. The number of nitrogens with zero attached hydrogens (tertiary/aromatic N) is 3. The minimum absolute atomic E-state index is 0.0843. The molecule has 0 saturated carbocycles. The maximum absolute atomic E-state index is 9.54. The first-order chi connectivity index (χ1) is 9.23. The fourth-order valence-corrected chi connectivity index (χ4v) is 2.01. The van der Waals surface area contributed by atoms with Crippen LogP contribution in [0.3, 0.4) is 0 Å². The maximum Gasteiger partial charge on any atom is 0.180 e. The standard InChI is InChI=1S/C14H20N4O/c1-3-14(4-2,10-19)9-17-12-6-5-11-13(18-12)16-8-7-15-11/h5-8,19H,3-4,9-10H2,1-2H3,(H,16,17,18). The van der Waals surface area contributed by atoms with E-state index in [1.165, 1.54) is 0 Å². The molecular formula is C14H20N4O. The van der Waals surface area contributed by atoms with Gasteiger partial charge in [-0.05, 0) is 25.0 Å². The Labute approximate surface area is 113 Å². The van der Waals surface area contributed by atoms with Crippen molar-refractivity contribution in [3.63, 3.8) is 0 Å². The third-order valence-corrected chi connectivity index (χ3v) is 3.81. The molecule has 2 heterocycles. The maximum atomic E-state index is 9.54. The third-order valence-electron chi connectivity index (χ3n) is 3.81. The van der Waals surface area contributed by atoms with Gasteiger partial charge >= 0.3 is 0 Å². The number of hydrogen-bond donors (Lipinski definition) is 2. The molecule has 5 heteroatoms. The van der Waals surface area contributed by atoms with Crippen LogP contribution in [-0.2, 0) is 0 Å². The summed E-state index contributed by atoms with van der Waals surface area (Å²) in [5.74, 6) is 0.771. The normalized spacial score (nSPS) is 11.7. The average Bonchev–Trinajstić information content (AvgIpc) is 2.49. The SMILES string of the molecule is CCC(CC)(CO)CNc1ccc2nccnc2n1. The highest BCUT2D eigenvalue weighted by Crippen LogP contribution is 2.26. The summed E-state index contributed by atoms with van der Waals surface area (Å²) >= 11 is 0. The third kappa shape index (κ3) is 2.98. The molecule has 0 bridgehead atoms. The molecule has 0 aliphatic heterocycles. The van der Waals surface area contributed by atoms with E-state index in [1.54, 1.807) is 12.4 Å². The van der Waals surface area contributed by atoms with E-state index in [9.17, 15) is 5.11 Å². The number of anilines is 1. The van der Waals surface area contributed by atoms with Crippen molar-refractivity contribution in [1.82, 2.24) is 15.0 Å². The van der Waals surface area contributed by atoms with Crippen LogP contribution in [-0.4, -0.2) is 33.2 Å². The Morgan fingerprint density at radius 2 is 1.89 bits per heavy atom. The Bertz CT molecular complexity index is 531. The van der Waals surface area contributed by atoms with Crippen LogP contribution in [0, 0.1) is 5.41 Å². The quantitative estimate of drug-likeness (QED) is 0.833.